The number of fused-ring (bicyclic) bond motifs is 1. The normalized spacial score (nSPS) is 17.9. The lowest BCUT2D eigenvalue weighted by Gasteiger charge is -2.32. The zero-order valence-electron chi connectivity index (χ0n) is 20.2. The first-order chi connectivity index (χ1) is 16.9. The predicted octanol–water partition coefficient (Wildman–Crippen LogP) is 4.99. The number of aromatic nitrogens is 4. The molecule has 4 rings (SSSR count). The molecule has 1 fully saturated rings. The standard InChI is InChI=1S/C24H27F3N4O4S/c1-4-14(2)31-18-9-15(19(32)11-24(3)5-7-36(33,34)8-6-24)12-29-22(18)21(30-31)16-10-20(35-23(26)27)28-13-17(16)25/h9-10,12-14,23H,4-8,11H2,1-3H3/t14-/m0/s1. The van der Waals surface area contributed by atoms with E-state index in [4.69, 9.17) is 0 Å². The molecule has 3 aromatic rings. The quantitative estimate of drug-likeness (QED) is 0.382. The highest BCUT2D eigenvalue weighted by Gasteiger charge is 2.35. The fourth-order valence-corrected chi connectivity index (χ4v) is 6.13. The lowest BCUT2D eigenvalue weighted by molar-refractivity contribution is -0.0528. The Morgan fingerprint density at radius 2 is 1.89 bits per heavy atom. The summed E-state index contributed by atoms with van der Waals surface area (Å²) < 4.78 is 69.6. The number of pyridine rings is 2. The van der Waals surface area contributed by atoms with E-state index in [2.05, 4.69) is 19.8 Å². The highest BCUT2D eigenvalue weighted by molar-refractivity contribution is 7.91. The van der Waals surface area contributed by atoms with Crippen LogP contribution in [0.2, 0.25) is 0 Å². The average molecular weight is 525 g/mol. The minimum absolute atomic E-state index is 0.0625. The van der Waals surface area contributed by atoms with Crippen LogP contribution < -0.4 is 4.74 Å². The summed E-state index contributed by atoms with van der Waals surface area (Å²) in [5.74, 6) is -1.29. The first kappa shape index (κ1) is 26.1. The average Bonchev–Trinajstić information content (AvgIpc) is 3.20. The Balaban J connectivity index is 1.73. The maximum atomic E-state index is 14.7. The van der Waals surface area contributed by atoms with Crippen LogP contribution in [-0.2, 0) is 9.84 Å². The van der Waals surface area contributed by atoms with Gasteiger partial charge in [0.2, 0.25) is 5.88 Å². The van der Waals surface area contributed by atoms with Crippen LogP contribution in [0.5, 0.6) is 5.88 Å². The molecule has 0 aliphatic carbocycles. The van der Waals surface area contributed by atoms with Gasteiger partial charge in [-0.25, -0.2) is 17.8 Å². The summed E-state index contributed by atoms with van der Waals surface area (Å²) in [6.45, 7) is 2.64. The molecule has 1 aliphatic heterocycles. The number of ketones is 1. The van der Waals surface area contributed by atoms with Crippen LogP contribution in [-0.4, -0.2) is 52.1 Å². The minimum atomic E-state index is -3.12. The maximum absolute atomic E-state index is 14.7. The summed E-state index contributed by atoms with van der Waals surface area (Å²) >= 11 is 0. The number of halogens is 3. The smallest absolute Gasteiger partial charge is 0.388 e. The number of sulfone groups is 1. The highest BCUT2D eigenvalue weighted by atomic mass is 32.2. The van der Waals surface area contributed by atoms with Gasteiger partial charge in [0.15, 0.2) is 11.6 Å². The third kappa shape index (κ3) is 5.37. The van der Waals surface area contributed by atoms with Crippen molar-refractivity contribution in [3.63, 3.8) is 0 Å². The van der Waals surface area contributed by atoms with E-state index in [1.54, 1.807) is 10.7 Å². The molecule has 3 aromatic heterocycles. The van der Waals surface area contributed by atoms with Crippen molar-refractivity contribution >= 4 is 26.7 Å². The molecule has 0 unspecified atom stereocenters. The second-order valence-electron chi connectivity index (χ2n) is 9.59. The Kier molecular flexibility index (Phi) is 7.09. The van der Waals surface area contributed by atoms with E-state index in [1.807, 2.05) is 20.8 Å². The number of alkyl halides is 2. The van der Waals surface area contributed by atoms with Crippen molar-refractivity contribution < 1.29 is 31.1 Å². The van der Waals surface area contributed by atoms with Crippen LogP contribution in [0.1, 0.15) is 62.9 Å². The van der Waals surface area contributed by atoms with Crippen molar-refractivity contribution in [1.82, 2.24) is 19.7 Å². The van der Waals surface area contributed by atoms with Gasteiger partial charge in [0.1, 0.15) is 21.0 Å². The highest BCUT2D eigenvalue weighted by Crippen LogP contribution is 2.37. The molecule has 1 saturated heterocycles. The number of rotatable bonds is 8. The molecule has 194 valence electrons. The zero-order chi connectivity index (χ0) is 26.3. The van der Waals surface area contributed by atoms with Crippen molar-refractivity contribution in [2.75, 3.05) is 11.5 Å². The molecule has 0 amide bonds. The molecular formula is C24H27F3N4O4S. The first-order valence-electron chi connectivity index (χ1n) is 11.6. The van der Waals surface area contributed by atoms with E-state index in [-0.39, 0.29) is 41.0 Å². The molecule has 8 nitrogen and oxygen atoms in total. The van der Waals surface area contributed by atoms with Gasteiger partial charge >= 0.3 is 6.61 Å². The van der Waals surface area contributed by atoms with E-state index in [0.717, 1.165) is 12.3 Å². The van der Waals surface area contributed by atoms with Crippen LogP contribution in [0.25, 0.3) is 22.3 Å². The lowest BCUT2D eigenvalue weighted by atomic mass is 9.78. The van der Waals surface area contributed by atoms with Gasteiger partial charge in [-0.15, -0.1) is 0 Å². The van der Waals surface area contributed by atoms with E-state index >= 15 is 0 Å². The summed E-state index contributed by atoms with van der Waals surface area (Å²) in [5.41, 5.74) is 0.720. The van der Waals surface area contributed by atoms with Crippen molar-refractivity contribution in [2.45, 2.75) is 59.1 Å². The van der Waals surface area contributed by atoms with E-state index in [0.29, 0.717) is 35.9 Å². The van der Waals surface area contributed by atoms with Crippen molar-refractivity contribution in [3.05, 3.63) is 35.9 Å². The van der Waals surface area contributed by atoms with Crippen LogP contribution in [0.3, 0.4) is 0 Å². The van der Waals surface area contributed by atoms with Gasteiger partial charge in [-0.2, -0.15) is 13.9 Å². The molecule has 0 bridgehead atoms. The summed E-state index contributed by atoms with van der Waals surface area (Å²) in [7, 11) is -3.06. The van der Waals surface area contributed by atoms with Crippen LogP contribution in [0.15, 0.2) is 24.5 Å². The Bertz CT molecular complexity index is 1390. The van der Waals surface area contributed by atoms with Crippen LogP contribution >= 0.6 is 0 Å². The Hall–Kier alpha value is -3.02. The SMILES string of the molecule is CC[C@H](C)n1nc(-c2cc(OC(F)F)ncc2F)c2ncc(C(=O)CC3(C)CCS(=O)(=O)CC3)cc21. The number of Topliss-reactive ketones (excluding diaryl/α,β-unsaturated/α-hetero) is 1. The molecule has 0 spiro atoms. The third-order valence-corrected chi connectivity index (χ3v) is 8.44. The molecule has 0 saturated carbocycles. The van der Waals surface area contributed by atoms with Gasteiger partial charge < -0.3 is 4.74 Å². The van der Waals surface area contributed by atoms with Gasteiger partial charge in [-0.05, 0) is 37.7 Å². The van der Waals surface area contributed by atoms with Crippen LogP contribution in [0.4, 0.5) is 13.2 Å². The topological polar surface area (TPSA) is 104 Å². The minimum Gasteiger partial charge on any atom is -0.417 e. The largest absolute Gasteiger partial charge is 0.417 e. The fraction of sp³-hybridized carbons (Fsp3) is 0.500. The van der Waals surface area contributed by atoms with E-state index in [9.17, 15) is 26.4 Å². The van der Waals surface area contributed by atoms with Gasteiger partial charge in [-0.3, -0.25) is 14.5 Å². The number of hydrogen-bond donors (Lipinski definition) is 0. The molecule has 0 radical (unpaired) electrons. The molecule has 0 N–H and O–H groups in total. The van der Waals surface area contributed by atoms with E-state index < -0.39 is 33.6 Å². The van der Waals surface area contributed by atoms with Gasteiger partial charge in [-0.1, -0.05) is 13.8 Å². The second kappa shape index (κ2) is 9.79. The fourth-order valence-electron chi connectivity index (χ4n) is 4.32. The van der Waals surface area contributed by atoms with Gasteiger partial charge in [0.05, 0.1) is 23.2 Å². The Morgan fingerprint density at radius 1 is 1.19 bits per heavy atom. The van der Waals surface area contributed by atoms with Crippen molar-refractivity contribution in [1.29, 1.82) is 0 Å². The number of ether oxygens (including phenoxy) is 1. The Labute approximate surface area is 206 Å². The molecule has 1 aliphatic rings. The predicted molar refractivity (Wildman–Crippen MR) is 127 cm³/mol. The zero-order valence-corrected chi connectivity index (χ0v) is 21.0. The van der Waals surface area contributed by atoms with Gasteiger partial charge in [0, 0.05) is 35.9 Å². The molecule has 36 heavy (non-hydrogen) atoms. The number of carbonyl (C=O) groups excluding carboxylic acids is 1. The Morgan fingerprint density at radius 3 is 2.53 bits per heavy atom. The van der Waals surface area contributed by atoms with Gasteiger partial charge in [0.25, 0.3) is 0 Å². The number of nitrogens with zero attached hydrogens (tertiary/aromatic N) is 4. The monoisotopic (exact) mass is 524 g/mol. The molecule has 12 heteroatoms. The van der Waals surface area contributed by atoms with E-state index in [1.165, 1.54) is 6.20 Å². The molecule has 0 aromatic carbocycles. The summed E-state index contributed by atoms with van der Waals surface area (Å²) in [5, 5.41) is 4.52. The molecular weight excluding hydrogens is 497 g/mol. The third-order valence-electron chi connectivity index (χ3n) is 6.79. The first-order valence-corrected chi connectivity index (χ1v) is 13.5. The molecule has 1 atom stereocenters. The van der Waals surface area contributed by atoms with Crippen molar-refractivity contribution in [2.24, 2.45) is 5.41 Å². The maximum Gasteiger partial charge on any atom is 0.388 e. The summed E-state index contributed by atoms with van der Waals surface area (Å²) in [4.78, 5) is 21.1. The summed E-state index contributed by atoms with van der Waals surface area (Å²) in [6.07, 6.45) is 3.85. The van der Waals surface area contributed by atoms with Crippen LogP contribution in [0, 0.1) is 11.2 Å². The van der Waals surface area contributed by atoms with Crippen molar-refractivity contribution in [3.8, 4) is 17.1 Å². The second-order valence-corrected chi connectivity index (χ2v) is 11.9. The molecule has 4 heterocycles. The lowest BCUT2D eigenvalue weighted by Crippen LogP contribution is -2.33. The summed E-state index contributed by atoms with van der Waals surface area (Å²) in [6, 6.07) is 2.56. The number of carbonyl (C=O) groups is 1. The number of hydrogen-bond acceptors (Lipinski definition) is 7.